The van der Waals surface area contributed by atoms with E-state index in [4.69, 9.17) is 16.3 Å². The fourth-order valence-electron chi connectivity index (χ4n) is 4.72. The highest BCUT2D eigenvalue weighted by atomic mass is 79.9. The maximum atomic E-state index is 14.8. The standard InChI is InChI=1S/C26H29BrClFN2O3/c1-15(2)24-26(33)31(14-16-8-10-18(28)13-21(16)29)23(20-12-17(27)9-11-22(20)34-24)25(32)30-19-6-4-3-5-7-19/h8-13,15,19,23-24H,3-7,14H2,1-2H3,(H,30,32). The van der Waals surface area contributed by atoms with Crippen molar-refractivity contribution in [2.45, 2.75) is 70.7 Å². The van der Waals surface area contributed by atoms with Crippen molar-refractivity contribution < 1.29 is 18.7 Å². The van der Waals surface area contributed by atoms with Gasteiger partial charge < -0.3 is 15.0 Å². The first-order valence-corrected chi connectivity index (χ1v) is 12.9. The molecule has 0 bridgehead atoms. The Labute approximate surface area is 213 Å². The number of ether oxygens (including phenoxy) is 1. The van der Waals surface area contributed by atoms with E-state index in [2.05, 4.69) is 21.2 Å². The number of halogens is 3. The molecule has 1 saturated carbocycles. The highest BCUT2D eigenvalue weighted by Gasteiger charge is 2.42. The van der Waals surface area contributed by atoms with E-state index in [0.29, 0.717) is 11.3 Å². The van der Waals surface area contributed by atoms with Gasteiger partial charge in [0.25, 0.3) is 5.91 Å². The van der Waals surface area contributed by atoms with Gasteiger partial charge in [0.15, 0.2) is 6.10 Å². The number of nitrogens with one attached hydrogen (secondary N) is 1. The molecule has 4 rings (SSSR count). The highest BCUT2D eigenvalue weighted by molar-refractivity contribution is 9.10. The Kier molecular flexibility index (Phi) is 7.83. The molecule has 2 amide bonds. The Morgan fingerprint density at radius 1 is 1.21 bits per heavy atom. The van der Waals surface area contributed by atoms with E-state index >= 15 is 0 Å². The molecule has 2 unspecified atom stereocenters. The maximum Gasteiger partial charge on any atom is 0.265 e. The van der Waals surface area contributed by atoms with Gasteiger partial charge >= 0.3 is 0 Å². The lowest BCUT2D eigenvalue weighted by Gasteiger charge is -2.33. The zero-order chi connectivity index (χ0) is 24.4. The van der Waals surface area contributed by atoms with Crippen LogP contribution in [-0.4, -0.2) is 28.9 Å². The van der Waals surface area contributed by atoms with Crippen molar-refractivity contribution in [3.63, 3.8) is 0 Å². The van der Waals surface area contributed by atoms with Crippen molar-refractivity contribution >= 4 is 39.3 Å². The fraction of sp³-hybridized carbons (Fsp3) is 0.462. The van der Waals surface area contributed by atoms with Crippen LogP contribution in [0, 0.1) is 11.7 Å². The summed E-state index contributed by atoms with van der Waals surface area (Å²) in [6.45, 7) is 3.71. The topological polar surface area (TPSA) is 58.6 Å². The van der Waals surface area contributed by atoms with E-state index < -0.39 is 18.0 Å². The molecule has 0 radical (unpaired) electrons. The molecular formula is C26H29BrClFN2O3. The van der Waals surface area contributed by atoms with Crippen LogP contribution in [0.3, 0.4) is 0 Å². The Hall–Kier alpha value is -2.12. The predicted octanol–water partition coefficient (Wildman–Crippen LogP) is 6.18. The average molecular weight is 552 g/mol. The SMILES string of the molecule is CC(C)C1Oc2ccc(Br)cc2C(C(=O)NC2CCCCC2)N(Cc2ccc(Cl)cc2F)C1=O. The van der Waals surface area contributed by atoms with E-state index in [9.17, 15) is 14.0 Å². The summed E-state index contributed by atoms with van der Waals surface area (Å²) in [5.74, 6) is -0.810. The third-order valence-corrected chi connectivity index (χ3v) is 7.25. The van der Waals surface area contributed by atoms with Gasteiger partial charge in [-0.2, -0.15) is 0 Å². The summed E-state index contributed by atoms with van der Waals surface area (Å²) in [4.78, 5) is 29.0. The molecule has 0 saturated heterocycles. The molecule has 0 aromatic heterocycles. The summed E-state index contributed by atoms with van der Waals surface area (Å²) >= 11 is 9.43. The summed E-state index contributed by atoms with van der Waals surface area (Å²) in [5, 5.41) is 3.43. The van der Waals surface area contributed by atoms with Crippen LogP contribution in [0.2, 0.25) is 5.02 Å². The Morgan fingerprint density at radius 3 is 2.62 bits per heavy atom. The smallest absolute Gasteiger partial charge is 0.265 e. The molecule has 182 valence electrons. The van der Waals surface area contributed by atoms with Crippen LogP contribution < -0.4 is 10.1 Å². The van der Waals surface area contributed by atoms with Crippen LogP contribution in [0.1, 0.15) is 63.1 Å². The normalized spacial score (nSPS) is 21.1. The molecule has 1 N–H and O–H groups in total. The molecule has 1 aliphatic carbocycles. The van der Waals surface area contributed by atoms with Crippen molar-refractivity contribution in [3.05, 3.63) is 62.8 Å². The first-order chi connectivity index (χ1) is 16.2. The van der Waals surface area contributed by atoms with Gasteiger partial charge in [-0.1, -0.05) is 66.7 Å². The summed E-state index contributed by atoms with van der Waals surface area (Å²) in [6, 6.07) is 8.87. The van der Waals surface area contributed by atoms with Crippen LogP contribution in [0.4, 0.5) is 4.39 Å². The average Bonchev–Trinajstić information content (AvgIpc) is 2.91. The molecular weight excluding hydrogens is 523 g/mol. The lowest BCUT2D eigenvalue weighted by Crippen LogP contribution is -2.49. The summed E-state index contributed by atoms with van der Waals surface area (Å²) in [7, 11) is 0. The van der Waals surface area contributed by atoms with Crippen LogP contribution in [0.15, 0.2) is 40.9 Å². The molecule has 2 atom stereocenters. The zero-order valence-electron chi connectivity index (χ0n) is 19.3. The molecule has 34 heavy (non-hydrogen) atoms. The second-order valence-electron chi connectivity index (χ2n) is 9.41. The number of fused-ring (bicyclic) bond motifs is 1. The second-order valence-corrected chi connectivity index (χ2v) is 10.8. The van der Waals surface area contributed by atoms with E-state index in [1.165, 1.54) is 11.0 Å². The van der Waals surface area contributed by atoms with Gasteiger partial charge in [0, 0.05) is 33.2 Å². The van der Waals surface area contributed by atoms with Crippen LogP contribution >= 0.6 is 27.5 Å². The van der Waals surface area contributed by atoms with Crippen molar-refractivity contribution in [2.24, 2.45) is 5.92 Å². The van der Waals surface area contributed by atoms with Crippen molar-refractivity contribution in [1.29, 1.82) is 0 Å². The largest absolute Gasteiger partial charge is 0.480 e. The summed E-state index contributed by atoms with van der Waals surface area (Å²) in [5.41, 5.74) is 0.864. The molecule has 0 spiro atoms. The Bertz CT molecular complexity index is 1070. The minimum Gasteiger partial charge on any atom is -0.480 e. The number of rotatable bonds is 5. The van der Waals surface area contributed by atoms with Gasteiger partial charge in [-0.3, -0.25) is 9.59 Å². The summed E-state index contributed by atoms with van der Waals surface area (Å²) < 4.78 is 21.7. The molecule has 1 heterocycles. The molecule has 1 fully saturated rings. The molecule has 2 aromatic rings. The Balaban J connectivity index is 1.79. The molecule has 1 aliphatic heterocycles. The quantitative estimate of drug-likeness (QED) is 0.483. The van der Waals surface area contributed by atoms with Gasteiger partial charge in [0.1, 0.15) is 17.6 Å². The number of hydrogen-bond donors (Lipinski definition) is 1. The first kappa shape index (κ1) is 25.0. The minimum atomic E-state index is -0.958. The molecule has 2 aliphatic rings. The van der Waals surface area contributed by atoms with Crippen LogP contribution in [-0.2, 0) is 16.1 Å². The first-order valence-electron chi connectivity index (χ1n) is 11.8. The van der Waals surface area contributed by atoms with Gasteiger partial charge in [0.05, 0.1) is 0 Å². The highest BCUT2D eigenvalue weighted by Crippen LogP contribution is 2.39. The number of carbonyl (C=O) groups is 2. The van der Waals surface area contributed by atoms with Crippen LogP contribution in [0.5, 0.6) is 5.75 Å². The molecule has 8 heteroatoms. The maximum absolute atomic E-state index is 14.8. The van der Waals surface area contributed by atoms with Crippen LogP contribution in [0.25, 0.3) is 0 Å². The third-order valence-electron chi connectivity index (χ3n) is 6.52. The summed E-state index contributed by atoms with van der Waals surface area (Å²) in [6.07, 6.45) is 4.31. The molecule has 5 nitrogen and oxygen atoms in total. The Morgan fingerprint density at radius 2 is 1.94 bits per heavy atom. The van der Waals surface area contributed by atoms with Gasteiger partial charge in [-0.25, -0.2) is 4.39 Å². The lowest BCUT2D eigenvalue weighted by atomic mass is 9.94. The number of amides is 2. The number of hydrogen-bond acceptors (Lipinski definition) is 3. The third kappa shape index (κ3) is 5.41. The van der Waals surface area contributed by atoms with Crippen molar-refractivity contribution in [1.82, 2.24) is 10.2 Å². The van der Waals surface area contributed by atoms with Gasteiger partial charge in [-0.05, 0) is 49.1 Å². The lowest BCUT2D eigenvalue weighted by molar-refractivity contribution is -0.147. The molecule has 2 aromatic carbocycles. The van der Waals surface area contributed by atoms with E-state index in [-0.39, 0.29) is 40.9 Å². The van der Waals surface area contributed by atoms with Crippen molar-refractivity contribution in [2.75, 3.05) is 0 Å². The number of benzene rings is 2. The zero-order valence-corrected chi connectivity index (χ0v) is 21.7. The second kappa shape index (κ2) is 10.6. The number of nitrogens with zero attached hydrogens (tertiary/aromatic N) is 1. The fourth-order valence-corrected chi connectivity index (χ4v) is 5.26. The monoisotopic (exact) mass is 550 g/mol. The van der Waals surface area contributed by atoms with Gasteiger partial charge in [0.2, 0.25) is 5.91 Å². The van der Waals surface area contributed by atoms with Gasteiger partial charge in [-0.15, -0.1) is 0 Å². The van der Waals surface area contributed by atoms with E-state index in [0.717, 1.165) is 36.6 Å². The van der Waals surface area contributed by atoms with E-state index in [1.807, 2.05) is 26.0 Å². The number of carbonyl (C=O) groups excluding carboxylic acids is 2. The van der Waals surface area contributed by atoms with E-state index in [1.54, 1.807) is 18.2 Å². The minimum absolute atomic E-state index is 0.0612. The predicted molar refractivity (Wildman–Crippen MR) is 133 cm³/mol. The van der Waals surface area contributed by atoms with Crippen molar-refractivity contribution in [3.8, 4) is 5.75 Å².